The molecule has 0 aliphatic heterocycles. The van der Waals surface area contributed by atoms with Gasteiger partial charge in [-0.05, 0) is 23.4 Å². The summed E-state index contributed by atoms with van der Waals surface area (Å²) in [6, 6.07) is 7.62. The molecule has 0 saturated heterocycles. The van der Waals surface area contributed by atoms with Crippen molar-refractivity contribution in [2.75, 3.05) is 16.4 Å². The first kappa shape index (κ1) is 14.5. The molecule has 0 atom stereocenters. The molecule has 2 aromatic rings. The molecule has 0 aliphatic rings. The number of urea groups is 1. The predicted octanol–water partition coefficient (Wildman–Crippen LogP) is 3.32. The van der Waals surface area contributed by atoms with E-state index in [1.54, 1.807) is 24.1 Å². The minimum absolute atomic E-state index is 0.265. The van der Waals surface area contributed by atoms with Crippen molar-refractivity contribution in [1.29, 1.82) is 0 Å². The highest BCUT2D eigenvalue weighted by molar-refractivity contribution is 7.98. The molecule has 106 valence electrons. The lowest BCUT2D eigenvalue weighted by Crippen LogP contribution is -2.19. The van der Waals surface area contributed by atoms with Crippen LogP contribution in [0.3, 0.4) is 0 Å². The number of nitrogens with one attached hydrogen (secondary N) is 2. The predicted molar refractivity (Wildman–Crippen MR) is 84.1 cm³/mol. The minimum Gasteiger partial charge on any atom is -0.308 e. The molecule has 6 heteroatoms. The smallest absolute Gasteiger partial charge is 0.308 e. The standard InChI is InChI=1S/C14H18N4OS/c1-3-20-10-11-5-4-6-12(7-11)16-14(19)17-13-8-15-18(2)9-13/h4-9H,3,10H2,1-2H3,(H2,16,17,19). The number of benzene rings is 1. The maximum atomic E-state index is 11.9. The van der Waals surface area contributed by atoms with E-state index in [1.165, 1.54) is 5.56 Å². The van der Waals surface area contributed by atoms with Gasteiger partial charge in [0.05, 0.1) is 11.9 Å². The highest BCUT2D eigenvalue weighted by atomic mass is 32.2. The topological polar surface area (TPSA) is 59.0 Å². The summed E-state index contributed by atoms with van der Waals surface area (Å²) < 4.78 is 1.64. The molecule has 0 aliphatic carbocycles. The SMILES string of the molecule is CCSCc1cccc(NC(=O)Nc2cnn(C)c2)c1. The largest absolute Gasteiger partial charge is 0.323 e. The zero-order valence-electron chi connectivity index (χ0n) is 11.6. The van der Waals surface area contributed by atoms with E-state index >= 15 is 0 Å². The van der Waals surface area contributed by atoms with Crippen LogP contribution in [0.1, 0.15) is 12.5 Å². The molecular weight excluding hydrogens is 272 g/mol. The first-order chi connectivity index (χ1) is 9.67. The summed E-state index contributed by atoms with van der Waals surface area (Å²) in [5, 5.41) is 9.55. The Hall–Kier alpha value is -1.95. The molecule has 5 nitrogen and oxygen atoms in total. The second-order valence-corrected chi connectivity index (χ2v) is 5.59. The van der Waals surface area contributed by atoms with Crippen LogP contribution < -0.4 is 10.6 Å². The molecular formula is C14H18N4OS. The number of rotatable bonds is 5. The number of anilines is 2. The molecule has 0 radical (unpaired) electrons. The molecule has 0 saturated carbocycles. The molecule has 0 spiro atoms. The van der Waals surface area contributed by atoms with Crippen molar-refractivity contribution in [2.45, 2.75) is 12.7 Å². The van der Waals surface area contributed by atoms with Crippen LogP contribution in [0.15, 0.2) is 36.7 Å². The number of nitrogens with zero attached hydrogens (tertiary/aromatic N) is 2. The fourth-order valence-corrected chi connectivity index (χ4v) is 2.36. The monoisotopic (exact) mass is 290 g/mol. The molecule has 2 amide bonds. The third kappa shape index (κ3) is 4.31. The van der Waals surface area contributed by atoms with Gasteiger partial charge in [0.1, 0.15) is 0 Å². The molecule has 2 rings (SSSR count). The van der Waals surface area contributed by atoms with Gasteiger partial charge < -0.3 is 10.6 Å². The Morgan fingerprint density at radius 3 is 2.85 bits per heavy atom. The van der Waals surface area contributed by atoms with Crippen LogP contribution in [0.2, 0.25) is 0 Å². The fraction of sp³-hybridized carbons (Fsp3) is 0.286. The Morgan fingerprint density at radius 2 is 2.15 bits per heavy atom. The van der Waals surface area contributed by atoms with Gasteiger partial charge in [-0.2, -0.15) is 16.9 Å². The van der Waals surface area contributed by atoms with E-state index in [4.69, 9.17) is 0 Å². The van der Waals surface area contributed by atoms with E-state index in [-0.39, 0.29) is 6.03 Å². The number of hydrogen-bond donors (Lipinski definition) is 2. The van der Waals surface area contributed by atoms with Gasteiger partial charge in [0.2, 0.25) is 0 Å². The summed E-state index contributed by atoms with van der Waals surface area (Å²) >= 11 is 1.85. The number of thioether (sulfide) groups is 1. The Morgan fingerprint density at radius 1 is 1.35 bits per heavy atom. The summed E-state index contributed by atoms with van der Waals surface area (Å²) in [4.78, 5) is 11.9. The average molecular weight is 290 g/mol. The van der Waals surface area contributed by atoms with Crippen molar-refractivity contribution < 1.29 is 4.79 Å². The van der Waals surface area contributed by atoms with Gasteiger partial charge >= 0.3 is 6.03 Å². The highest BCUT2D eigenvalue weighted by Crippen LogP contribution is 2.16. The van der Waals surface area contributed by atoms with E-state index in [0.29, 0.717) is 5.69 Å². The van der Waals surface area contributed by atoms with Gasteiger partial charge in [-0.25, -0.2) is 4.79 Å². The van der Waals surface area contributed by atoms with Gasteiger partial charge in [-0.15, -0.1) is 0 Å². The summed E-state index contributed by atoms with van der Waals surface area (Å²) in [5.74, 6) is 2.04. The maximum absolute atomic E-state index is 11.9. The van der Waals surface area contributed by atoms with Crippen LogP contribution in [0, 0.1) is 0 Å². The number of aromatic nitrogens is 2. The summed E-state index contributed by atoms with van der Waals surface area (Å²) in [6.07, 6.45) is 3.35. The number of hydrogen-bond acceptors (Lipinski definition) is 3. The van der Waals surface area contributed by atoms with E-state index in [9.17, 15) is 4.79 Å². The molecule has 1 aromatic carbocycles. The highest BCUT2D eigenvalue weighted by Gasteiger charge is 2.04. The second-order valence-electron chi connectivity index (χ2n) is 4.32. The minimum atomic E-state index is -0.265. The van der Waals surface area contributed by atoms with Crippen molar-refractivity contribution in [3.05, 3.63) is 42.2 Å². The summed E-state index contributed by atoms with van der Waals surface area (Å²) in [5.41, 5.74) is 2.67. The summed E-state index contributed by atoms with van der Waals surface area (Å²) in [6.45, 7) is 2.13. The zero-order valence-corrected chi connectivity index (χ0v) is 12.4. The van der Waals surface area contributed by atoms with Crippen molar-refractivity contribution in [3.63, 3.8) is 0 Å². The molecule has 0 fully saturated rings. The Labute approximate surface area is 122 Å². The van der Waals surface area contributed by atoms with E-state index < -0.39 is 0 Å². The van der Waals surface area contributed by atoms with E-state index in [1.807, 2.05) is 30.0 Å². The van der Waals surface area contributed by atoms with Crippen LogP contribution in [-0.4, -0.2) is 21.6 Å². The molecule has 2 N–H and O–H groups in total. The summed E-state index contributed by atoms with van der Waals surface area (Å²) in [7, 11) is 1.80. The Balaban J connectivity index is 1.93. The van der Waals surface area contributed by atoms with Crippen LogP contribution in [0.25, 0.3) is 0 Å². The third-order valence-corrected chi connectivity index (χ3v) is 3.57. The fourth-order valence-electron chi connectivity index (χ4n) is 1.74. The van der Waals surface area contributed by atoms with Crippen LogP contribution in [0.4, 0.5) is 16.2 Å². The first-order valence-electron chi connectivity index (χ1n) is 6.40. The quantitative estimate of drug-likeness (QED) is 0.888. The third-order valence-electron chi connectivity index (χ3n) is 2.62. The lowest BCUT2D eigenvalue weighted by Gasteiger charge is -2.07. The van der Waals surface area contributed by atoms with Gasteiger partial charge in [-0.3, -0.25) is 4.68 Å². The molecule has 0 unspecified atom stereocenters. The van der Waals surface area contributed by atoms with Crippen LogP contribution >= 0.6 is 11.8 Å². The van der Waals surface area contributed by atoms with E-state index in [2.05, 4.69) is 28.7 Å². The van der Waals surface area contributed by atoms with Crippen molar-refractivity contribution in [2.24, 2.45) is 7.05 Å². The second kappa shape index (κ2) is 7.00. The molecule has 20 heavy (non-hydrogen) atoms. The van der Waals surface area contributed by atoms with Gasteiger partial charge in [0.15, 0.2) is 0 Å². The zero-order chi connectivity index (χ0) is 14.4. The Kier molecular flexibility index (Phi) is 5.06. The average Bonchev–Trinajstić information content (AvgIpc) is 2.82. The molecule has 1 heterocycles. The lowest BCUT2D eigenvalue weighted by atomic mass is 10.2. The van der Waals surface area contributed by atoms with Gasteiger partial charge in [-0.1, -0.05) is 19.1 Å². The lowest BCUT2D eigenvalue weighted by molar-refractivity contribution is 0.262. The first-order valence-corrected chi connectivity index (χ1v) is 7.56. The number of carbonyl (C=O) groups excluding carboxylic acids is 1. The number of aryl methyl sites for hydroxylation is 1. The molecule has 0 bridgehead atoms. The van der Waals surface area contributed by atoms with Crippen molar-refractivity contribution >= 4 is 29.2 Å². The normalized spacial score (nSPS) is 10.3. The Bertz CT molecular complexity index is 582. The van der Waals surface area contributed by atoms with Gasteiger partial charge in [0.25, 0.3) is 0 Å². The van der Waals surface area contributed by atoms with Gasteiger partial charge in [0, 0.05) is 24.7 Å². The van der Waals surface area contributed by atoms with Crippen molar-refractivity contribution in [3.8, 4) is 0 Å². The molecule has 1 aromatic heterocycles. The van der Waals surface area contributed by atoms with Crippen molar-refractivity contribution in [1.82, 2.24) is 9.78 Å². The maximum Gasteiger partial charge on any atom is 0.323 e. The number of amides is 2. The van der Waals surface area contributed by atoms with Crippen LogP contribution in [0.5, 0.6) is 0 Å². The number of carbonyl (C=O) groups is 1. The van der Waals surface area contributed by atoms with Crippen LogP contribution in [-0.2, 0) is 12.8 Å². The van der Waals surface area contributed by atoms with E-state index in [0.717, 1.165) is 17.2 Å².